The number of carboxylic acids is 1. The summed E-state index contributed by atoms with van der Waals surface area (Å²) in [5.74, 6) is 0.168. The molecule has 0 bridgehead atoms. The van der Waals surface area contributed by atoms with Crippen LogP contribution in [0.4, 0.5) is 13.2 Å². The van der Waals surface area contributed by atoms with Crippen molar-refractivity contribution in [3.8, 4) is 23.0 Å². The van der Waals surface area contributed by atoms with Crippen molar-refractivity contribution >= 4 is 11.9 Å². The van der Waals surface area contributed by atoms with E-state index in [4.69, 9.17) is 14.2 Å². The average molecular weight is 608 g/mol. The maximum Gasteiger partial charge on any atom is 0.416 e. The Bertz CT molecular complexity index is 1590. The first-order valence-electron chi connectivity index (χ1n) is 13.8. The number of hydrogen-bond acceptors (Lipinski definition) is 5. The highest BCUT2D eigenvalue weighted by atomic mass is 19.4. The number of carbonyl (C=O) groups excluding carboxylic acids is 1. The van der Waals surface area contributed by atoms with Crippen LogP contribution < -0.4 is 14.2 Å². The lowest BCUT2D eigenvalue weighted by molar-refractivity contribution is -0.137. The van der Waals surface area contributed by atoms with Gasteiger partial charge in [0.1, 0.15) is 28.6 Å². The SMILES string of the molecule is COc1cc(C(=O)N(CCCc2cccc(C(F)(F)F)c2)Cc2ccc(Oc3ccccc3C(=O)O)cc2)cc(OC)c1C. The van der Waals surface area contributed by atoms with Gasteiger partial charge in [0.25, 0.3) is 5.91 Å². The van der Waals surface area contributed by atoms with Gasteiger partial charge in [0.15, 0.2) is 0 Å². The Kier molecular flexibility index (Phi) is 10.2. The summed E-state index contributed by atoms with van der Waals surface area (Å²) in [6.07, 6.45) is -3.68. The standard InChI is InChI=1S/C34H32F3NO6/c1-22-30(42-2)19-25(20-31(22)43-3)32(39)38(17-7-9-23-8-6-10-26(18-23)34(35,36)37)21-24-13-15-27(16-14-24)44-29-12-5-4-11-28(29)33(40)41/h4-6,8,10-16,18-20H,7,9,17,21H2,1-3H3,(H,40,41). The van der Waals surface area contributed by atoms with Crippen LogP contribution in [-0.4, -0.2) is 42.6 Å². The van der Waals surface area contributed by atoms with Crippen molar-refractivity contribution in [1.29, 1.82) is 0 Å². The minimum Gasteiger partial charge on any atom is -0.496 e. The molecular formula is C34H32F3NO6. The lowest BCUT2D eigenvalue weighted by Crippen LogP contribution is -2.32. The molecule has 0 aliphatic heterocycles. The quantitative estimate of drug-likeness (QED) is 0.177. The molecule has 4 aromatic rings. The van der Waals surface area contributed by atoms with E-state index in [1.54, 1.807) is 65.6 Å². The van der Waals surface area contributed by atoms with E-state index in [0.29, 0.717) is 41.2 Å². The summed E-state index contributed by atoms with van der Waals surface area (Å²) in [6, 6.07) is 21.6. The first-order valence-corrected chi connectivity index (χ1v) is 13.8. The summed E-state index contributed by atoms with van der Waals surface area (Å²) >= 11 is 0. The van der Waals surface area contributed by atoms with Crippen molar-refractivity contribution in [1.82, 2.24) is 4.90 Å². The highest BCUT2D eigenvalue weighted by Gasteiger charge is 2.30. The lowest BCUT2D eigenvalue weighted by atomic mass is 10.0. The number of nitrogens with zero attached hydrogens (tertiary/aromatic N) is 1. The third-order valence-corrected chi connectivity index (χ3v) is 7.08. The molecule has 0 aliphatic rings. The van der Waals surface area contributed by atoms with Gasteiger partial charge in [-0.2, -0.15) is 13.2 Å². The largest absolute Gasteiger partial charge is 0.496 e. The molecule has 0 spiro atoms. The number of benzene rings is 4. The molecule has 1 amide bonds. The first kappa shape index (κ1) is 31.9. The van der Waals surface area contributed by atoms with Crippen LogP contribution in [0.25, 0.3) is 0 Å². The number of alkyl halides is 3. The number of halogens is 3. The molecule has 0 aromatic heterocycles. The molecular weight excluding hydrogens is 575 g/mol. The lowest BCUT2D eigenvalue weighted by Gasteiger charge is -2.24. The van der Waals surface area contributed by atoms with E-state index in [9.17, 15) is 27.9 Å². The van der Waals surface area contributed by atoms with Crippen molar-refractivity contribution < 1.29 is 42.1 Å². The van der Waals surface area contributed by atoms with Crippen LogP contribution in [0.15, 0.2) is 84.9 Å². The first-order chi connectivity index (χ1) is 21.0. The zero-order valence-electron chi connectivity index (χ0n) is 24.5. The van der Waals surface area contributed by atoms with Gasteiger partial charge in [-0.25, -0.2) is 4.79 Å². The molecule has 4 aromatic carbocycles. The molecule has 0 saturated carbocycles. The van der Waals surface area contributed by atoms with E-state index in [2.05, 4.69) is 0 Å². The highest BCUT2D eigenvalue weighted by Crippen LogP contribution is 2.32. The van der Waals surface area contributed by atoms with Gasteiger partial charge in [-0.1, -0.05) is 42.5 Å². The summed E-state index contributed by atoms with van der Waals surface area (Å²) in [7, 11) is 3.00. The number of rotatable bonds is 12. The second-order valence-electron chi connectivity index (χ2n) is 10.1. The maximum atomic E-state index is 13.8. The predicted molar refractivity (Wildman–Crippen MR) is 159 cm³/mol. The zero-order chi connectivity index (χ0) is 31.9. The smallest absolute Gasteiger partial charge is 0.416 e. The molecule has 0 unspecified atom stereocenters. The topological polar surface area (TPSA) is 85.3 Å². The molecule has 4 rings (SSSR count). The molecule has 0 atom stereocenters. The Morgan fingerprint density at radius 2 is 1.48 bits per heavy atom. The minimum absolute atomic E-state index is 0.0260. The monoisotopic (exact) mass is 607 g/mol. The Morgan fingerprint density at radius 1 is 0.818 bits per heavy atom. The third-order valence-electron chi connectivity index (χ3n) is 7.08. The van der Waals surface area contributed by atoms with E-state index < -0.39 is 17.7 Å². The number of hydrogen-bond donors (Lipinski definition) is 1. The fourth-order valence-electron chi connectivity index (χ4n) is 4.76. The van der Waals surface area contributed by atoms with Gasteiger partial charge in [-0.15, -0.1) is 0 Å². The van der Waals surface area contributed by atoms with Gasteiger partial charge in [0.05, 0.1) is 19.8 Å². The molecule has 230 valence electrons. The molecule has 10 heteroatoms. The summed E-state index contributed by atoms with van der Waals surface area (Å²) in [4.78, 5) is 27.0. The molecule has 0 fully saturated rings. The highest BCUT2D eigenvalue weighted by molar-refractivity contribution is 5.95. The van der Waals surface area contributed by atoms with E-state index in [1.807, 2.05) is 6.92 Å². The third kappa shape index (κ3) is 7.89. The van der Waals surface area contributed by atoms with Crippen molar-refractivity contribution in [2.45, 2.75) is 32.5 Å². The zero-order valence-corrected chi connectivity index (χ0v) is 24.5. The number of ether oxygens (including phenoxy) is 3. The number of aryl methyl sites for hydroxylation is 1. The van der Waals surface area contributed by atoms with Gasteiger partial charge >= 0.3 is 12.1 Å². The van der Waals surface area contributed by atoms with E-state index >= 15 is 0 Å². The number of carboxylic acid groups (broad SMARTS) is 1. The normalized spacial score (nSPS) is 11.1. The van der Waals surface area contributed by atoms with Gasteiger partial charge in [0.2, 0.25) is 0 Å². The number of para-hydroxylation sites is 1. The second kappa shape index (κ2) is 14.0. The summed E-state index contributed by atoms with van der Waals surface area (Å²) in [6.45, 7) is 2.28. The molecule has 0 aliphatic carbocycles. The van der Waals surface area contributed by atoms with E-state index in [1.165, 1.54) is 26.4 Å². The summed E-state index contributed by atoms with van der Waals surface area (Å²) < 4.78 is 56.3. The van der Waals surface area contributed by atoms with Crippen LogP contribution >= 0.6 is 0 Å². The molecule has 0 radical (unpaired) electrons. The number of aromatic carboxylic acids is 1. The molecule has 0 heterocycles. The van der Waals surface area contributed by atoms with Crippen LogP contribution in [0, 0.1) is 6.92 Å². The fraction of sp³-hybridized carbons (Fsp3) is 0.235. The molecule has 1 N–H and O–H groups in total. The van der Waals surface area contributed by atoms with Crippen LogP contribution in [0.3, 0.4) is 0 Å². The minimum atomic E-state index is -4.44. The van der Waals surface area contributed by atoms with Gasteiger partial charge in [-0.05, 0) is 73.4 Å². The van der Waals surface area contributed by atoms with Crippen LogP contribution in [0.2, 0.25) is 0 Å². The van der Waals surface area contributed by atoms with Crippen molar-refractivity contribution in [2.75, 3.05) is 20.8 Å². The van der Waals surface area contributed by atoms with Crippen LogP contribution in [0.1, 0.15) is 49.4 Å². The summed E-state index contributed by atoms with van der Waals surface area (Å²) in [5.41, 5.74) is 1.68. The predicted octanol–water partition coefficient (Wildman–Crippen LogP) is 7.80. The van der Waals surface area contributed by atoms with Crippen molar-refractivity contribution in [3.05, 3.63) is 118 Å². The Balaban J connectivity index is 1.56. The Labute approximate surface area is 253 Å². The van der Waals surface area contributed by atoms with Gasteiger partial charge in [-0.3, -0.25) is 4.79 Å². The van der Waals surface area contributed by atoms with Crippen LogP contribution in [0.5, 0.6) is 23.0 Å². The number of methoxy groups -OCH3 is 2. The molecule has 0 saturated heterocycles. The van der Waals surface area contributed by atoms with Crippen molar-refractivity contribution in [2.24, 2.45) is 0 Å². The summed E-state index contributed by atoms with van der Waals surface area (Å²) in [5, 5.41) is 9.42. The van der Waals surface area contributed by atoms with E-state index in [-0.39, 0.29) is 30.3 Å². The Morgan fingerprint density at radius 3 is 2.09 bits per heavy atom. The fourth-order valence-corrected chi connectivity index (χ4v) is 4.76. The average Bonchev–Trinajstić information content (AvgIpc) is 3.01. The Hall–Kier alpha value is -4.99. The second-order valence-corrected chi connectivity index (χ2v) is 10.1. The maximum absolute atomic E-state index is 13.8. The van der Waals surface area contributed by atoms with Crippen molar-refractivity contribution in [3.63, 3.8) is 0 Å². The van der Waals surface area contributed by atoms with Gasteiger partial charge in [0, 0.05) is 24.2 Å². The molecule has 7 nitrogen and oxygen atoms in total. The number of carbonyl (C=O) groups is 2. The van der Waals surface area contributed by atoms with E-state index in [0.717, 1.165) is 23.3 Å². The van der Waals surface area contributed by atoms with Crippen LogP contribution in [-0.2, 0) is 19.1 Å². The number of amides is 1. The molecule has 44 heavy (non-hydrogen) atoms. The van der Waals surface area contributed by atoms with Gasteiger partial charge < -0.3 is 24.2 Å².